The lowest BCUT2D eigenvalue weighted by Crippen LogP contribution is -2.27. The van der Waals surface area contributed by atoms with Crippen LogP contribution < -0.4 is 0 Å². The fourth-order valence-corrected chi connectivity index (χ4v) is 2.05. The van der Waals surface area contributed by atoms with Gasteiger partial charge in [0.25, 0.3) is 0 Å². The monoisotopic (exact) mass is 274 g/mol. The highest BCUT2D eigenvalue weighted by molar-refractivity contribution is 5.75. The molecular weight excluding hydrogens is 252 g/mol. The van der Waals surface area contributed by atoms with Gasteiger partial charge in [-0.15, -0.1) is 0 Å². The molecule has 0 spiro atoms. The van der Waals surface area contributed by atoms with Gasteiger partial charge in [0.2, 0.25) is 0 Å². The van der Waals surface area contributed by atoms with E-state index in [1.807, 2.05) is 31.2 Å². The number of carbonyl (C=O) groups is 1. The van der Waals surface area contributed by atoms with Crippen LogP contribution >= 0.6 is 0 Å². The lowest BCUT2D eigenvalue weighted by Gasteiger charge is -2.21. The average Bonchev–Trinajstić information content (AvgIpc) is 2.46. The van der Waals surface area contributed by atoms with Gasteiger partial charge in [-0.25, -0.2) is 0 Å². The highest BCUT2D eigenvalue weighted by Crippen LogP contribution is 2.17. The summed E-state index contributed by atoms with van der Waals surface area (Å²) in [6.45, 7) is 8.10. The second-order valence-corrected chi connectivity index (χ2v) is 5.16. The lowest BCUT2D eigenvalue weighted by atomic mass is 10.00. The molecule has 0 fully saturated rings. The van der Waals surface area contributed by atoms with E-state index in [-0.39, 0.29) is 5.92 Å². The predicted octanol–water partition coefficient (Wildman–Crippen LogP) is 2.86. The summed E-state index contributed by atoms with van der Waals surface area (Å²) in [5.41, 5.74) is 1.95. The van der Waals surface area contributed by atoms with Crippen molar-refractivity contribution in [3.63, 3.8) is 0 Å². The zero-order valence-corrected chi connectivity index (χ0v) is 12.3. The molecule has 1 aromatic rings. The van der Waals surface area contributed by atoms with Crippen molar-refractivity contribution >= 4 is 5.97 Å². The minimum atomic E-state index is -0.809. The van der Waals surface area contributed by atoms with Gasteiger partial charge < -0.3 is 5.11 Å². The maximum atomic E-state index is 10.9. The van der Waals surface area contributed by atoms with Crippen LogP contribution in [-0.2, 0) is 11.3 Å². The third kappa shape index (κ3) is 4.67. The molecule has 4 heteroatoms. The first kappa shape index (κ1) is 16.2. The molecule has 1 aromatic carbocycles. The van der Waals surface area contributed by atoms with Crippen LogP contribution in [0, 0.1) is 17.2 Å². The number of rotatable bonds is 7. The molecule has 1 N–H and O–H groups in total. The molecule has 0 aliphatic heterocycles. The van der Waals surface area contributed by atoms with Gasteiger partial charge in [0.15, 0.2) is 0 Å². The zero-order chi connectivity index (χ0) is 15.1. The van der Waals surface area contributed by atoms with Crippen LogP contribution in [0.5, 0.6) is 0 Å². The van der Waals surface area contributed by atoms with E-state index >= 15 is 0 Å². The molecule has 0 aliphatic rings. The molecule has 0 heterocycles. The Morgan fingerprint density at radius 2 is 1.95 bits per heavy atom. The first-order valence-electron chi connectivity index (χ1n) is 6.91. The standard InChI is InChI=1S/C16H22N2O2/c1-4-18(10-12(2)9-17)11-14-5-7-15(8-6-14)13(3)16(19)20/h5-8,12-13H,4,10-11H2,1-3H3,(H,19,20). The molecule has 108 valence electrons. The van der Waals surface area contributed by atoms with Crippen molar-refractivity contribution < 1.29 is 9.90 Å². The van der Waals surface area contributed by atoms with Gasteiger partial charge >= 0.3 is 5.97 Å². The number of hydrogen-bond acceptors (Lipinski definition) is 3. The smallest absolute Gasteiger partial charge is 0.310 e. The Morgan fingerprint density at radius 3 is 2.40 bits per heavy atom. The van der Waals surface area contributed by atoms with Crippen molar-refractivity contribution in [2.75, 3.05) is 13.1 Å². The van der Waals surface area contributed by atoms with E-state index in [1.165, 1.54) is 0 Å². The molecule has 0 bridgehead atoms. The maximum absolute atomic E-state index is 10.9. The summed E-state index contributed by atoms with van der Waals surface area (Å²) in [5, 5.41) is 17.8. The number of carboxylic acid groups (broad SMARTS) is 1. The maximum Gasteiger partial charge on any atom is 0.310 e. The van der Waals surface area contributed by atoms with Gasteiger partial charge in [-0.1, -0.05) is 31.2 Å². The van der Waals surface area contributed by atoms with Crippen LogP contribution in [0.3, 0.4) is 0 Å². The molecule has 2 atom stereocenters. The van der Waals surface area contributed by atoms with Crippen molar-refractivity contribution in [2.24, 2.45) is 5.92 Å². The molecular formula is C16H22N2O2. The lowest BCUT2D eigenvalue weighted by molar-refractivity contribution is -0.138. The minimum Gasteiger partial charge on any atom is -0.481 e. The van der Waals surface area contributed by atoms with E-state index in [2.05, 4.69) is 17.9 Å². The summed E-state index contributed by atoms with van der Waals surface area (Å²) in [7, 11) is 0. The summed E-state index contributed by atoms with van der Waals surface area (Å²) in [6, 6.07) is 9.92. The third-order valence-electron chi connectivity index (χ3n) is 3.46. The zero-order valence-electron chi connectivity index (χ0n) is 12.3. The van der Waals surface area contributed by atoms with E-state index in [0.717, 1.165) is 30.8 Å². The fraction of sp³-hybridized carbons (Fsp3) is 0.500. The van der Waals surface area contributed by atoms with Gasteiger partial charge in [0.05, 0.1) is 17.9 Å². The van der Waals surface area contributed by atoms with Gasteiger partial charge in [-0.05, 0) is 31.5 Å². The molecule has 0 amide bonds. The van der Waals surface area contributed by atoms with E-state index in [0.29, 0.717) is 0 Å². The highest BCUT2D eigenvalue weighted by Gasteiger charge is 2.13. The second kappa shape index (κ2) is 7.66. The van der Waals surface area contributed by atoms with Crippen LogP contribution in [0.2, 0.25) is 0 Å². The summed E-state index contributed by atoms with van der Waals surface area (Å²) < 4.78 is 0. The van der Waals surface area contributed by atoms with Crippen LogP contribution in [0.15, 0.2) is 24.3 Å². The van der Waals surface area contributed by atoms with Crippen molar-refractivity contribution in [3.05, 3.63) is 35.4 Å². The number of nitriles is 1. The average molecular weight is 274 g/mol. The number of benzene rings is 1. The molecule has 2 unspecified atom stereocenters. The summed E-state index contributed by atoms with van der Waals surface area (Å²) >= 11 is 0. The second-order valence-electron chi connectivity index (χ2n) is 5.16. The van der Waals surface area contributed by atoms with Gasteiger partial charge in [0.1, 0.15) is 0 Å². The van der Waals surface area contributed by atoms with Crippen LogP contribution in [0.4, 0.5) is 0 Å². The Labute approximate surface area is 120 Å². The number of nitrogens with zero attached hydrogens (tertiary/aromatic N) is 2. The van der Waals surface area contributed by atoms with E-state index in [9.17, 15) is 4.79 Å². The molecule has 0 aliphatic carbocycles. The molecule has 1 rings (SSSR count). The van der Waals surface area contributed by atoms with Crippen LogP contribution in [0.1, 0.15) is 37.8 Å². The Hall–Kier alpha value is -1.86. The fourth-order valence-electron chi connectivity index (χ4n) is 2.05. The van der Waals surface area contributed by atoms with Crippen molar-refractivity contribution in [2.45, 2.75) is 33.2 Å². The van der Waals surface area contributed by atoms with Gasteiger partial charge in [-0.2, -0.15) is 5.26 Å². The summed E-state index contributed by atoms with van der Waals surface area (Å²) in [4.78, 5) is 13.1. The van der Waals surface area contributed by atoms with Gasteiger partial charge in [0, 0.05) is 13.1 Å². The third-order valence-corrected chi connectivity index (χ3v) is 3.46. The van der Waals surface area contributed by atoms with Crippen molar-refractivity contribution in [3.8, 4) is 6.07 Å². The number of carboxylic acids is 1. The first-order chi connectivity index (χ1) is 9.47. The van der Waals surface area contributed by atoms with E-state index < -0.39 is 11.9 Å². The number of aliphatic carboxylic acids is 1. The Kier molecular flexibility index (Phi) is 6.20. The Morgan fingerprint density at radius 1 is 1.35 bits per heavy atom. The Bertz CT molecular complexity index is 476. The number of hydrogen-bond donors (Lipinski definition) is 1. The van der Waals surface area contributed by atoms with Crippen molar-refractivity contribution in [1.29, 1.82) is 5.26 Å². The van der Waals surface area contributed by atoms with E-state index in [1.54, 1.807) is 6.92 Å². The van der Waals surface area contributed by atoms with Gasteiger partial charge in [-0.3, -0.25) is 9.69 Å². The normalized spacial score (nSPS) is 13.8. The molecule has 20 heavy (non-hydrogen) atoms. The molecule has 0 radical (unpaired) electrons. The van der Waals surface area contributed by atoms with Crippen LogP contribution in [-0.4, -0.2) is 29.1 Å². The summed E-state index contributed by atoms with van der Waals surface area (Å²) in [6.07, 6.45) is 0. The molecule has 0 aromatic heterocycles. The van der Waals surface area contributed by atoms with E-state index in [4.69, 9.17) is 10.4 Å². The highest BCUT2D eigenvalue weighted by atomic mass is 16.4. The van der Waals surface area contributed by atoms with Crippen molar-refractivity contribution in [1.82, 2.24) is 4.90 Å². The predicted molar refractivity (Wildman–Crippen MR) is 78.2 cm³/mol. The minimum absolute atomic E-state index is 0.0151. The quantitative estimate of drug-likeness (QED) is 0.830. The first-order valence-corrected chi connectivity index (χ1v) is 6.91. The SMILES string of the molecule is CCN(Cc1ccc(C(C)C(=O)O)cc1)CC(C)C#N. The Balaban J connectivity index is 2.69. The molecule has 4 nitrogen and oxygen atoms in total. The van der Waals surface area contributed by atoms with Crippen LogP contribution in [0.25, 0.3) is 0 Å². The topological polar surface area (TPSA) is 64.3 Å². The molecule has 0 saturated heterocycles. The largest absolute Gasteiger partial charge is 0.481 e. The molecule has 0 saturated carbocycles. The summed E-state index contributed by atoms with van der Waals surface area (Å²) in [5.74, 6) is -1.28.